The summed E-state index contributed by atoms with van der Waals surface area (Å²) in [6.07, 6.45) is 56.2. The molecule has 1 amide bonds. The molecule has 11 heteroatoms. The van der Waals surface area contributed by atoms with E-state index in [0.717, 1.165) is 89.9 Å². The second-order valence-corrected chi connectivity index (χ2v) is 20.7. The molecule has 0 aromatic rings. The summed E-state index contributed by atoms with van der Waals surface area (Å²) in [4.78, 5) is 26.5. The SMILES string of the molecule is CC/C=C\C/C=C\C/C=C\C/C=C\C/C=C\C/C=C\CCCCC(=O)OC1C(OCC(NC(=O)C(O)CCCCCCCCCCCCCCCC)C(O)/C=C/CCCCCCCCCCC)OC(CO)C(O)C1O. The smallest absolute Gasteiger partial charge is 0.306 e. The minimum atomic E-state index is -1.63. The van der Waals surface area contributed by atoms with Crippen molar-refractivity contribution in [3.63, 3.8) is 0 Å². The van der Waals surface area contributed by atoms with Gasteiger partial charge in [0.25, 0.3) is 0 Å². The van der Waals surface area contributed by atoms with Gasteiger partial charge < -0.3 is 45.1 Å². The summed E-state index contributed by atoms with van der Waals surface area (Å²) in [5.74, 6) is -1.24. The number of amides is 1. The van der Waals surface area contributed by atoms with Crippen LogP contribution in [-0.2, 0) is 23.8 Å². The van der Waals surface area contributed by atoms with Crippen LogP contribution < -0.4 is 5.32 Å². The maximum atomic E-state index is 13.4. The normalized spacial score (nSPS) is 19.8. The fourth-order valence-corrected chi connectivity index (χ4v) is 9.01. The van der Waals surface area contributed by atoms with E-state index in [1.807, 2.05) is 6.08 Å². The lowest BCUT2D eigenvalue weighted by molar-refractivity contribution is -0.305. The molecular weight excluding hydrogens is 943 g/mol. The lowest BCUT2D eigenvalue weighted by Gasteiger charge is -2.41. The second kappa shape index (κ2) is 51.6. The Morgan fingerprint density at radius 3 is 1.44 bits per heavy atom. The summed E-state index contributed by atoms with van der Waals surface area (Å²) >= 11 is 0. The summed E-state index contributed by atoms with van der Waals surface area (Å²) in [7, 11) is 0. The van der Waals surface area contributed by atoms with E-state index in [0.29, 0.717) is 12.8 Å². The molecule has 1 heterocycles. The first-order valence-electron chi connectivity index (χ1n) is 30.4. The van der Waals surface area contributed by atoms with Gasteiger partial charge in [-0.15, -0.1) is 0 Å². The molecule has 1 fully saturated rings. The maximum absolute atomic E-state index is 13.4. The zero-order chi connectivity index (χ0) is 54.7. The van der Waals surface area contributed by atoms with Gasteiger partial charge in [0.05, 0.1) is 25.4 Å². The van der Waals surface area contributed by atoms with Crippen LogP contribution >= 0.6 is 0 Å². The quantitative estimate of drug-likeness (QED) is 0.0195. The van der Waals surface area contributed by atoms with Crippen LogP contribution in [0.5, 0.6) is 0 Å². The average Bonchev–Trinajstić information content (AvgIpc) is 3.41. The van der Waals surface area contributed by atoms with Crippen molar-refractivity contribution in [1.29, 1.82) is 0 Å². The Morgan fingerprint density at radius 1 is 0.533 bits per heavy atom. The van der Waals surface area contributed by atoms with Gasteiger partial charge in [-0.2, -0.15) is 0 Å². The molecule has 0 aliphatic carbocycles. The first-order valence-corrected chi connectivity index (χ1v) is 30.4. The van der Waals surface area contributed by atoms with E-state index in [1.165, 1.54) is 109 Å². The number of esters is 1. The van der Waals surface area contributed by atoms with Gasteiger partial charge in [0.1, 0.15) is 24.4 Å². The number of hydrogen-bond donors (Lipinski definition) is 6. The maximum Gasteiger partial charge on any atom is 0.306 e. The molecule has 6 N–H and O–H groups in total. The third-order valence-electron chi connectivity index (χ3n) is 13.8. The molecule has 1 aliphatic heterocycles. The zero-order valence-electron chi connectivity index (χ0n) is 47.6. The summed E-state index contributed by atoms with van der Waals surface area (Å²) < 4.78 is 17.6. The van der Waals surface area contributed by atoms with E-state index in [9.17, 15) is 35.1 Å². The van der Waals surface area contributed by atoms with E-state index in [1.54, 1.807) is 6.08 Å². The molecule has 432 valence electrons. The van der Waals surface area contributed by atoms with Crippen LogP contribution in [0, 0.1) is 0 Å². The molecule has 1 aliphatic rings. The Labute approximate surface area is 457 Å². The van der Waals surface area contributed by atoms with E-state index >= 15 is 0 Å². The molecule has 1 rings (SSSR count). The van der Waals surface area contributed by atoms with Gasteiger partial charge in [0, 0.05) is 6.42 Å². The number of carbonyl (C=O) groups excluding carboxylic acids is 2. The van der Waals surface area contributed by atoms with Gasteiger partial charge in [0.2, 0.25) is 5.91 Å². The Hall–Kier alpha value is -3.16. The highest BCUT2D eigenvalue weighted by Gasteiger charge is 2.47. The molecule has 0 aromatic heterocycles. The third kappa shape index (κ3) is 39.8. The largest absolute Gasteiger partial charge is 0.454 e. The number of hydrogen-bond acceptors (Lipinski definition) is 10. The summed E-state index contributed by atoms with van der Waals surface area (Å²) in [6, 6.07) is -1.03. The minimum absolute atomic E-state index is 0.0659. The predicted octanol–water partition coefficient (Wildman–Crippen LogP) is 14.2. The van der Waals surface area contributed by atoms with Crippen molar-refractivity contribution in [1.82, 2.24) is 5.32 Å². The molecule has 8 atom stereocenters. The van der Waals surface area contributed by atoms with Crippen LogP contribution in [0.3, 0.4) is 0 Å². The first kappa shape index (κ1) is 69.9. The molecule has 0 bridgehead atoms. The van der Waals surface area contributed by atoms with E-state index in [-0.39, 0.29) is 19.4 Å². The number of carbonyl (C=O) groups is 2. The van der Waals surface area contributed by atoms with Crippen molar-refractivity contribution in [2.45, 2.75) is 294 Å². The number of nitrogens with one attached hydrogen (secondary N) is 1. The summed E-state index contributed by atoms with van der Waals surface area (Å²) in [6.45, 7) is 5.64. The predicted molar refractivity (Wildman–Crippen MR) is 310 cm³/mol. The van der Waals surface area contributed by atoms with Crippen molar-refractivity contribution >= 4 is 11.9 Å². The second-order valence-electron chi connectivity index (χ2n) is 20.7. The Bertz CT molecular complexity index is 1540. The lowest BCUT2D eigenvalue weighted by Crippen LogP contribution is -2.61. The van der Waals surface area contributed by atoms with Crippen molar-refractivity contribution in [3.05, 3.63) is 85.1 Å². The number of allylic oxidation sites excluding steroid dienone is 13. The molecule has 0 spiro atoms. The highest BCUT2D eigenvalue weighted by Crippen LogP contribution is 2.26. The molecule has 0 saturated carbocycles. The van der Waals surface area contributed by atoms with Crippen LogP contribution in [-0.4, -0.2) is 99.6 Å². The van der Waals surface area contributed by atoms with E-state index in [2.05, 4.69) is 99.0 Å². The fourth-order valence-electron chi connectivity index (χ4n) is 9.01. The average molecular weight is 1050 g/mol. The van der Waals surface area contributed by atoms with Crippen molar-refractivity contribution < 1.29 is 49.3 Å². The molecular formula is C64H111NO10. The van der Waals surface area contributed by atoms with Crippen LogP contribution in [0.15, 0.2) is 85.1 Å². The summed E-state index contributed by atoms with van der Waals surface area (Å²) in [5, 5.41) is 56.9. The molecule has 0 radical (unpaired) electrons. The van der Waals surface area contributed by atoms with Gasteiger partial charge in [-0.05, 0) is 77.0 Å². The van der Waals surface area contributed by atoms with E-state index < -0.39 is 67.4 Å². The van der Waals surface area contributed by atoms with Crippen LogP contribution in [0.4, 0.5) is 0 Å². The van der Waals surface area contributed by atoms with Crippen molar-refractivity contribution in [2.24, 2.45) is 0 Å². The van der Waals surface area contributed by atoms with Gasteiger partial charge in [-0.25, -0.2) is 0 Å². The number of aliphatic hydroxyl groups excluding tert-OH is 5. The molecule has 11 nitrogen and oxygen atoms in total. The number of ether oxygens (including phenoxy) is 3. The Balaban J connectivity index is 2.70. The molecule has 0 aromatic carbocycles. The van der Waals surface area contributed by atoms with Gasteiger partial charge in [0.15, 0.2) is 12.4 Å². The zero-order valence-corrected chi connectivity index (χ0v) is 47.6. The number of aliphatic hydroxyl groups is 5. The minimum Gasteiger partial charge on any atom is -0.454 e. The number of unbranched alkanes of at least 4 members (excludes halogenated alkanes) is 24. The molecule has 75 heavy (non-hydrogen) atoms. The van der Waals surface area contributed by atoms with Crippen molar-refractivity contribution in [3.8, 4) is 0 Å². The molecule has 8 unspecified atom stereocenters. The fraction of sp³-hybridized carbons (Fsp3) is 0.750. The van der Waals surface area contributed by atoms with Crippen LogP contribution in [0.25, 0.3) is 0 Å². The number of rotatable bonds is 50. The summed E-state index contributed by atoms with van der Waals surface area (Å²) in [5.41, 5.74) is 0. The van der Waals surface area contributed by atoms with Gasteiger partial charge in [-0.3, -0.25) is 9.59 Å². The Kier molecular flexibility index (Phi) is 48.0. The highest BCUT2D eigenvalue weighted by molar-refractivity contribution is 5.80. The lowest BCUT2D eigenvalue weighted by atomic mass is 9.99. The van der Waals surface area contributed by atoms with Crippen molar-refractivity contribution in [2.75, 3.05) is 13.2 Å². The Morgan fingerprint density at radius 2 is 0.960 bits per heavy atom. The van der Waals surface area contributed by atoms with Crippen LogP contribution in [0.2, 0.25) is 0 Å². The first-order chi connectivity index (χ1) is 36.7. The molecule has 1 saturated heterocycles. The standard InChI is InChI=1S/C64H111NO10/c1-4-7-10-13-16-19-22-24-26-27-28-29-30-31-32-34-37-40-43-46-49-52-59(69)75-62-61(71)60(70)58(53-66)74-64(62)73-54-55(56(67)50-47-44-41-38-35-21-18-15-12-9-6-3)65-63(72)57(68)51-48-45-42-39-36-33-25-23-20-17-14-11-8-5-2/h7,10,16,19,24,26,28-29,31-32,37,40,47,50,55-58,60-62,64,66-68,70-71H,4-6,8-9,11-15,17-18,20-23,25,27,30,33-36,38-39,41-46,48-49,51-54H2,1-3H3,(H,65,72)/b10-7-,19-16-,26-24-,29-28-,32-31-,40-37-,50-47+. The topological polar surface area (TPSA) is 175 Å². The highest BCUT2D eigenvalue weighted by atomic mass is 16.7. The van der Waals surface area contributed by atoms with Crippen LogP contribution in [0.1, 0.15) is 245 Å². The monoisotopic (exact) mass is 1050 g/mol. The van der Waals surface area contributed by atoms with Gasteiger partial charge in [-0.1, -0.05) is 247 Å². The van der Waals surface area contributed by atoms with E-state index in [4.69, 9.17) is 14.2 Å². The third-order valence-corrected chi connectivity index (χ3v) is 13.8. The van der Waals surface area contributed by atoms with Gasteiger partial charge >= 0.3 is 5.97 Å².